The molecule has 94 valence electrons. The van der Waals surface area contributed by atoms with Crippen molar-refractivity contribution in [3.63, 3.8) is 0 Å². The quantitative estimate of drug-likeness (QED) is 0.844. The molecule has 18 heavy (non-hydrogen) atoms. The molecule has 1 heterocycles. The van der Waals surface area contributed by atoms with Crippen LogP contribution in [0.3, 0.4) is 0 Å². The second-order valence-corrected chi connectivity index (χ2v) is 4.41. The third-order valence-corrected chi connectivity index (χ3v) is 2.91. The lowest BCUT2D eigenvalue weighted by atomic mass is 10.2. The van der Waals surface area contributed by atoms with E-state index in [0.29, 0.717) is 11.5 Å². The van der Waals surface area contributed by atoms with Gasteiger partial charge in [0.1, 0.15) is 17.5 Å². The molecule has 1 aromatic heterocycles. The molecular formula is C12H10BrF2N3. The van der Waals surface area contributed by atoms with Gasteiger partial charge in [0.05, 0.1) is 10.2 Å². The number of aromatic nitrogens is 1. The minimum Gasteiger partial charge on any atom is -0.373 e. The molecule has 0 aliphatic carbocycles. The summed E-state index contributed by atoms with van der Waals surface area (Å²) in [5.41, 5.74) is 0.850. The van der Waals surface area contributed by atoms with Crippen molar-refractivity contribution >= 4 is 33.1 Å². The van der Waals surface area contributed by atoms with Crippen LogP contribution in [0.15, 0.2) is 34.9 Å². The molecule has 2 rings (SSSR count). The van der Waals surface area contributed by atoms with Gasteiger partial charge in [-0.05, 0) is 28.1 Å². The van der Waals surface area contributed by atoms with Crippen LogP contribution >= 0.6 is 15.9 Å². The SMILES string of the molecule is CNc1cc(Nc2cc(Br)c(F)cc2F)ccn1. The molecule has 0 aliphatic heterocycles. The van der Waals surface area contributed by atoms with Gasteiger partial charge in [0.25, 0.3) is 0 Å². The second kappa shape index (κ2) is 5.30. The van der Waals surface area contributed by atoms with Crippen molar-refractivity contribution in [1.29, 1.82) is 0 Å². The van der Waals surface area contributed by atoms with Crippen LogP contribution in [0.1, 0.15) is 0 Å². The van der Waals surface area contributed by atoms with E-state index in [4.69, 9.17) is 0 Å². The number of nitrogens with one attached hydrogen (secondary N) is 2. The number of halogens is 3. The Bertz CT molecular complexity index is 575. The molecule has 0 bridgehead atoms. The number of benzene rings is 1. The summed E-state index contributed by atoms with van der Waals surface area (Å²) in [6, 6.07) is 5.59. The van der Waals surface area contributed by atoms with Gasteiger partial charge in [-0.2, -0.15) is 0 Å². The molecule has 0 aliphatic rings. The molecule has 0 radical (unpaired) electrons. The normalized spacial score (nSPS) is 10.2. The first-order valence-electron chi connectivity index (χ1n) is 5.15. The number of nitrogens with zero attached hydrogens (tertiary/aromatic N) is 1. The van der Waals surface area contributed by atoms with Crippen molar-refractivity contribution in [1.82, 2.24) is 4.98 Å². The third kappa shape index (κ3) is 2.76. The smallest absolute Gasteiger partial charge is 0.149 e. The van der Waals surface area contributed by atoms with E-state index in [9.17, 15) is 8.78 Å². The lowest BCUT2D eigenvalue weighted by Gasteiger charge is -2.09. The molecule has 6 heteroatoms. The van der Waals surface area contributed by atoms with E-state index in [1.165, 1.54) is 6.07 Å². The molecular weight excluding hydrogens is 304 g/mol. The number of hydrogen-bond donors (Lipinski definition) is 2. The zero-order valence-corrected chi connectivity index (χ0v) is 11.1. The first-order valence-corrected chi connectivity index (χ1v) is 5.95. The van der Waals surface area contributed by atoms with E-state index in [1.807, 2.05) is 0 Å². The summed E-state index contributed by atoms with van der Waals surface area (Å²) >= 11 is 3.02. The lowest BCUT2D eigenvalue weighted by Crippen LogP contribution is -1.97. The van der Waals surface area contributed by atoms with Crippen LogP contribution < -0.4 is 10.6 Å². The summed E-state index contributed by atoms with van der Waals surface area (Å²) in [5, 5.41) is 5.74. The average molecular weight is 314 g/mol. The van der Waals surface area contributed by atoms with Gasteiger partial charge < -0.3 is 10.6 Å². The van der Waals surface area contributed by atoms with Crippen LogP contribution in [0.4, 0.5) is 26.0 Å². The summed E-state index contributed by atoms with van der Waals surface area (Å²) in [4.78, 5) is 4.04. The largest absolute Gasteiger partial charge is 0.373 e. The third-order valence-electron chi connectivity index (χ3n) is 2.31. The van der Waals surface area contributed by atoms with Crippen LogP contribution in [0.5, 0.6) is 0 Å². The highest BCUT2D eigenvalue weighted by atomic mass is 79.9. The van der Waals surface area contributed by atoms with Crippen molar-refractivity contribution < 1.29 is 8.78 Å². The zero-order chi connectivity index (χ0) is 13.1. The number of hydrogen-bond acceptors (Lipinski definition) is 3. The van der Waals surface area contributed by atoms with E-state index in [1.54, 1.807) is 25.4 Å². The van der Waals surface area contributed by atoms with Crippen LogP contribution in [-0.4, -0.2) is 12.0 Å². The van der Waals surface area contributed by atoms with Crippen LogP contribution in [0, 0.1) is 11.6 Å². The Balaban J connectivity index is 2.30. The molecule has 2 N–H and O–H groups in total. The van der Waals surface area contributed by atoms with Gasteiger partial charge in [-0.25, -0.2) is 13.8 Å². The summed E-state index contributed by atoms with van der Waals surface area (Å²) in [7, 11) is 1.74. The fourth-order valence-electron chi connectivity index (χ4n) is 1.42. The molecule has 0 fully saturated rings. The summed E-state index contributed by atoms with van der Waals surface area (Å²) in [6.45, 7) is 0. The van der Waals surface area contributed by atoms with Crippen LogP contribution in [0.2, 0.25) is 0 Å². The van der Waals surface area contributed by atoms with E-state index < -0.39 is 11.6 Å². The highest BCUT2D eigenvalue weighted by Gasteiger charge is 2.08. The van der Waals surface area contributed by atoms with Gasteiger partial charge in [0.2, 0.25) is 0 Å². The Morgan fingerprint density at radius 2 is 1.94 bits per heavy atom. The Morgan fingerprint density at radius 1 is 1.17 bits per heavy atom. The summed E-state index contributed by atoms with van der Waals surface area (Å²) in [5.74, 6) is -0.635. The maximum atomic E-state index is 13.5. The number of anilines is 3. The maximum absolute atomic E-state index is 13.5. The van der Waals surface area contributed by atoms with Gasteiger partial charge in [-0.1, -0.05) is 0 Å². The Kier molecular flexibility index (Phi) is 3.76. The molecule has 1 aromatic carbocycles. The number of pyridine rings is 1. The van der Waals surface area contributed by atoms with Gasteiger partial charge in [0.15, 0.2) is 0 Å². The summed E-state index contributed by atoms with van der Waals surface area (Å²) in [6.07, 6.45) is 1.59. The van der Waals surface area contributed by atoms with E-state index in [0.717, 1.165) is 6.07 Å². The summed E-state index contributed by atoms with van der Waals surface area (Å²) < 4.78 is 26.8. The van der Waals surface area contributed by atoms with Crippen molar-refractivity contribution in [2.45, 2.75) is 0 Å². The molecule has 0 spiro atoms. The molecule has 2 aromatic rings. The second-order valence-electron chi connectivity index (χ2n) is 3.55. The minimum atomic E-state index is -0.654. The predicted octanol–water partition coefficient (Wildman–Crippen LogP) is 3.91. The lowest BCUT2D eigenvalue weighted by molar-refractivity contribution is 0.581. The zero-order valence-electron chi connectivity index (χ0n) is 9.47. The molecule has 0 atom stereocenters. The van der Waals surface area contributed by atoms with Crippen LogP contribution in [-0.2, 0) is 0 Å². The molecule has 0 saturated carbocycles. The van der Waals surface area contributed by atoms with Gasteiger partial charge in [-0.15, -0.1) is 0 Å². The Hall–Kier alpha value is -1.69. The fraction of sp³-hybridized carbons (Fsp3) is 0.0833. The van der Waals surface area contributed by atoms with Gasteiger partial charge >= 0.3 is 0 Å². The Morgan fingerprint density at radius 3 is 2.67 bits per heavy atom. The first kappa shape index (κ1) is 12.8. The standard InChI is InChI=1S/C12H10BrF2N3/c1-16-12-4-7(2-3-17-12)18-11-5-8(13)9(14)6-10(11)15/h2-6H,1H3,(H2,16,17,18). The van der Waals surface area contributed by atoms with E-state index in [2.05, 4.69) is 31.5 Å². The van der Waals surface area contributed by atoms with Gasteiger partial charge in [-0.3, -0.25) is 0 Å². The van der Waals surface area contributed by atoms with Crippen molar-refractivity contribution in [2.24, 2.45) is 0 Å². The molecule has 0 saturated heterocycles. The van der Waals surface area contributed by atoms with Gasteiger partial charge in [0, 0.05) is 31.1 Å². The van der Waals surface area contributed by atoms with E-state index >= 15 is 0 Å². The van der Waals surface area contributed by atoms with Crippen LogP contribution in [0.25, 0.3) is 0 Å². The maximum Gasteiger partial charge on any atom is 0.149 e. The Labute approximate surface area is 111 Å². The molecule has 0 unspecified atom stereocenters. The molecule has 0 amide bonds. The molecule has 3 nitrogen and oxygen atoms in total. The minimum absolute atomic E-state index is 0.191. The van der Waals surface area contributed by atoms with Crippen molar-refractivity contribution in [3.05, 3.63) is 46.6 Å². The van der Waals surface area contributed by atoms with Crippen molar-refractivity contribution in [3.8, 4) is 0 Å². The topological polar surface area (TPSA) is 37.0 Å². The predicted molar refractivity (Wildman–Crippen MR) is 71.1 cm³/mol. The van der Waals surface area contributed by atoms with E-state index in [-0.39, 0.29) is 10.2 Å². The van der Waals surface area contributed by atoms with Crippen molar-refractivity contribution in [2.75, 3.05) is 17.7 Å². The highest BCUT2D eigenvalue weighted by molar-refractivity contribution is 9.10. The highest BCUT2D eigenvalue weighted by Crippen LogP contribution is 2.26. The monoisotopic (exact) mass is 313 g/mol. The first-order chi connectivity index (χ1) is 8.60. The fourth-order valence-corrected chi connectivity index (χ4v) is 1.76. The average Bonchev–Trinajstić information content (AvgIpc) is 2.36. The number of rotatable bonds is 3.